The number of carbonyl (C=O) groups is 1. The minimum absolute atomic E-state index is 0.100. The van der Waals surface area contributed by atoms with Crippen molar-refractivity contribution >= 4 is 40.6 Å². The van der Waals surface area contributed by atoms with Crippen LogP contribution < -0.4 is 0 Å². The zero-order valence-electron chi connectivity index (χ0n) is 23.8. The van der Waals surface area contributed by atoms with Crippen molar-refractivity contribution in [2.24, 2.45) is 0 Å². The largest absolute Gasteiger partial charge is 0.343 e. The monoisotopic (exact) mass is 568 g/mol. The van der Waals surface area contributed by atoms with Crippen LogP contribution in [-0.2, 0) is 21.7 Å². The van der Waals surface area contributed by atoms with E-state index in [9.17, 15) is 4.79 Å². The highest BCUT2D eigenvalue weighted by atomic mass is 35.5. The van der Waals surface area contributed by atoms with Crippen LogP contribution >= 0.6 is 11.6 Å². The fourth-order valence-corrected chi connectivity index (χ4v) is 5.61. The second kappa shape index (κ2) is 13.4. The Kier molecular flexibility index (Phi) is 9.50. The Labute approximate surface area is 247 Å². The van der Waals surface area contributed by atoms with E-state index in [0.29, 0.717) is 31.1 Å². The number of nitrogens with zero attached hydrogens (tertiary/aromatic N) is 2. The van der Waals surface area contributed by atoms with Gasteiger partial charge in [-0.15, -0.1) is 0 Å². The van der Waals surface area contributed by atoms with Gasteiger partial charge in [-0.2, -0.15) is 0 Å². The smallest absolute Gasteiger partial charge is 0.254 e. The molecule has 1 aliphatic rings. The van der Waals surface area contributed by atoms with Gasteiger partial charge in [0, 0.05) is 41.0 Å². The average Bonchev–Trinajstić information content (AvgIpc) is 3.49. The number of pyridine rings is 1. The van der Waals surface area contributed by atoms with Crippen molar-refractivity contribution in [2.45, 2.75) is 45.3 Å². The number of carbonyl (C=O) groups excluding carboxylic acids is 1. The second-order valence-corrected chi connectivity index (χ2v) is 10.9. The van der Waals surface area contributed by atoms with Crippen molar-refractivity contribution in [2.75, 3.05) is 26.3 Å². The molecule has 0 saturated carbocycles. The van der Waals surface area contributed by atoms with Gasteiger partial charge in [0.1, 0.15) is 0 Å². The molecule has 1 aromatic heterocycles. The number of rotatable bonds is 11. The Morgan fingerprint density at radius 3 is 2.46 bits per heavy atom. The highest BCUT2D eigenvalue weighted by Gasteiger charge is 2.38. The molecule has 5 nitrogen and oxygen atoms in total. The summed E-state index contributed by atoms with van der Waals surface area (Å²) in [6.45, 7) is 6.81. The molecule has 5 rings (SSSR count). The topological polar surface area (TPSA) is 51.7 Å². The Hall–Kier alpha value is -3.51. The number of amides is 1. The van der Waals surface area contributed by atoms with Gasteiger partial charge in [0.2, 0.25) is 0 Å². The van der Waals surface area contributed by atoms with Crippen LogP contribution in [0.2, 0.25) is 5.02 Å². The number of hydrogen-bond donors (Lipinski definition) is 0. The average molecular weight is 569 g/mol. The maximum atomic E-state index is 13.5. The molecule has 1 fully saturated rings. The molecule has 0 unspecified atom stereocenters. The van der Waals surface area contributed by atoms with Crippen molar-refractivity contribution in [3.8, 4) is 0 Å². The van der Waals surface area contributed by atoms with Gasteiger partial charge in [0.15, 0.2) is 5.79 Å². The van der Waals surface area contributed by atoms with Crippen LogP contribution in [0.4, 0.5) is 0 Å². The lowest BCUT2D eigenvalue weighted by atomic mass is 9.94. The van der Waals surface area contributed by atoms with E-state index in [1.54, 1.807) is 0 Å². The molecule has 0 N–H and O–H groups in total. The molecule has 1 amide bonds. The van der Waals surface area contributed by atoms with E-state index in [4.69, 9.17) is 26.1 Å². The summed E-state index contributed by atoms with van der Waals surface area (Å²) in [7, 11) is 0. The molecule has 2 heterocycles. The highest BCUT2D eigenvalue weighted by Crippen LogP contribution is 2.37. The van der Waals surface area contributed by atoms with E-state index >= 15 is 0 Å². The molecule has 4 aromatic rings. The molecule has 0 atom stereocenters. The van der Waals surface area contributed by atoms with Gasteiger partial charge in [-0.1, -0.05) is 80.1 Å². The van der Waals surface area contributed by atoms with Gasteiger partial charge >= 0.3 is 0 Å². The molecular weight excluding hydrogens is 532 g/mol. The van der Waals surface area contributed by atoms with Crippen molar-refractivity contribution < 1.29 is 14.3 Å². The second-order valence-electron chi connectivity index (χ2n) is 10.4. The first-order valence-corrected chi connectivity index (χ1v) is 14.9. The maximum absolute atomic E-state index is 13.5. The van der Waals surface area contributed by atoms with Crippen LogP contribution in [-0.4, -0.2) is 42.1 Å². The molecular formula is C35H37ClN2O3. The molecule has 6 heteroatoms. The van der Waals surface area contributed by atoms with Gasteiger partial charge in [-0.3, -0.25) is 4.79 Å². The van der Waals surface area contributed by atoms with Crippen molar-refractivity contribution in [3.05, 3.63) is 112 Å². The fourth-order valence-electron chi connectivity index (χ4n) is 5.44. The van der Waals surface area contributed by atoms with Crippen LogP contribution in [0.5, 0.6) is 0 Å². The Balaban J connectivity index is 1.36. The predicted octanol–water partition coefficient (Wildman–Crippen LogP) is 8.15. The van der Waals surface area contributed by atoms with Crippen LogP contribution in [0.1, 0.15) is 65.9 Å². The number of aryl methyl sites for hydroxylation is 1. The molecule has 0 aliphatic carbocycles. The molecule has 0 bridgehead atoms. The first-order chi connectivity index (χ1) is 20.0. The van der Waals surface area contributed by atoms with Crippen molar-refractivity contribution in [3.63, 3.8) is 0 Å². The summed E-state index contributed by atoms with van der Waals surface area (Å²) in [5, 5.41) is 1.73. The van der Waals surface area contributed by atoms with Gasteiger partial charge < -0.3 is 14.4 Å². The SMILES string of the molecule is CCCN(CCC)C(=O)c1ccccc1CCC1(c2cccc(/C=C/c3ccc4ccc(Cl)cc4n3)c2)OCCO1. The summed E-state index contributed by atoms with van der Waals surface area (Å²) < 4.78 is 12.6. The third kappa shape index (κ3) is 6.87. The minimum atomic E-state index is -0.857. The lowest BCUT2D eigenvalue weighted by Crippen LogP contribution is -2.33. The lowest BCUT2D eigenvalue weighted by Gasteiger charge is -2.29. The zero-order chi connectivity index (χ0) is 28.7. The number of halogens is 1. The fraction of sp³-hybridized carbons (Fsp3) is 0.314. The molecule has 41 heavy (non-hydrogen) atoms. The van der Waals surface area contributed by atoms with E-state index in [1.165, 1.54) is 0 Å². The standard InChI is InChI=1S/C35H37ClN2O3/c1-3-20-38(21-4-2)34(39)32-11-6-5-9-27(32)18-19-35(40-22-23-41-35)29-10-7-8-26(24-29)12-16-31-17-14-28-13-15-30(36)25-33(28)37-31/h5-17,24-25H,3-4,18-23H2,1-2H3/b16-12+. The lowest BCUT2D eigenvalue weighted by molar-refractivity contribution is -0.170. The molecule has 1 saturated heterocycles. The Morgan fingerprint density at radius 2 is 1.68 bits per heavy atom. The van der Waals surface area contributed by atoms with E-state index in [-0.39, 0.29) is 5.91 Å². The van der Waals surface area contributed by atoms with Gasteiger partial charge in [-0.25, -0.2) is 4.98 Å². The van der Waals surface area contributed by atoms with E-state index in [1.807, 2.05) is 59.5 Å². The summed E-state index contributed by atoms with van der Waals surface area (Å²) in [5.74, 6) is -0.756. The van der Waals surface area contributed by atoms with E-state index in [2.05, 4.69) is 50.3 Å². The van der Waals surface area contributed by atoms with Gasteiger partial charge in [-0.05, 0) is 66.8 Å². The number of aromatic nitrogens is 1. The third-order valence-corrected chi connectivity index (χ3v) is 7.68. The number of hydrogen-bond acceptors (Lipinski definition) is 4. The predicted molar refractivity (Wildman–Crippen MR) is 167 cm³/mol. The van der Waals surface area contributed by atoms with Gasteiger partial charge in [0.05, 0.1) is 24.4 Å². The highest BCUT2D eigenvalue weighted by molar-refractivity contribution is 6.31. The van der Waals surface area contributed by atoms with Crippen LogP contribution in [0.25, 0.3) is 23.1 Å². The minimum Gasteiger partial charge on any atom is -0.343 e. The number of benzene rings is 3. The number of ether oxygens (including phenoxy) is 2. The molecule has 3 aromatic carbocycles. The van der Waals surface area contributed by atoms with E-state index in [0.717, 1.165) is 64.8 Å². The Morgan fingerprint density at radius 1 is 0.927 bits per heavy atom. The van der Waals surface area contributed by atoms with Crippen LogP contribution in [0, 0.1) is 0 Å². The Bertz CT molecular complexity index is 1520. The van der Waals surface area contributed by atoms with Crippen molar-refractivity contribution in [1.82, 2.24) is 9.88 Å². The van der Waals surface area contributed by atoms with Crippen molar-refractivity contribution in [1.29, 1.82) is 0 Å². The summed E-state index contributed by atoms with van der Waals surface area (Å²) in [4.78, 5) is 20.2. The van der Waals surface area contributed by atoms with Gasteiger partial charge in [0.25, 0.3) is 5.91 Å². The van der Waals surface area contributed by atoms with Crippen LogP contribution in [0.15, 0.2) is 78.9 Å². The van der Waals surface area contributed by atoms with Crippen LogP contribution in [0.3, 0.4) is 0 Å². The normalized spacial score (nSPS) is 14.6. The van der Waals surface area contributed by atoms with E-state index < -0.39 is 5.79 Å². The summed E-state index contributed by atoms with van der Waals surface area (Å²) in [5.41, 5.74) is 5.51. The molecule has 212 valence electrons. The first kappa shape index (κ1) is 29.0. The third-order valence-electron chi connectivity index (χ3n) is 7.45. The molecule has 0 spiro atoms. The zero-order valence-corrected chi connectivity index (χ0v) is 24.6. The summed E-state index contributed by atoms with van der Waals surface area (Å²) in [6, 6.07) is 26.0. The quantitative estimate of drug-likeness (QED) is 0.183. The molecule has 0 radical (unpaired) electrons. The summed E-state index contributed by atoms with van der Waals surface area (Å²) in [6.07, 6.45) is 7.21. The maximum Gasteiger partial charge on any atom is 0.254 e. The number of fused-ring (bicyclic) bond motifs is 1. The first-order valence-electron chi connectivity index (χ1n) is 14.5. The summed E-state index contributed by atoms with van der Waals surface area (Å²) >= 11 is 6.16. The molecule has 1 aliphatic heterocycles.